The third-order valence-corrected chi connectivity index (χ3v) is 6.44. The van der Waals surface area contributed by atoms with Crippen LogP contribution in [-0.2, 0) is 4.79 Å². The third kappa shape index (κ3) is 2.59. The lowest BCUT2D eigenvalue weighted by Gasteiger charge is -2.08. The molecular weight excluding hydrogens is 358 g/mol. The van der Waals surface area contributed by atoms with E-state index in [1.54, 1.807) is 11.4 Å². The quantitative estimate of drug-likeness (QED) is 0.647. The summed E-state index contributed by atoms with van der Waals surface area (Å²) in [6, 6.07) is 1.66. The first-order valence-corrected chi connectivity index (χ1v) is 8.81. The second kappa shape index (κ2) is 5.66. The van der Waals surface area contributed by atoms with Crippen LogP contribution < -0.4 is 10.9 Å². The minimum absolute atomic E-state index is 0.0233. The van der Waals surface area contributed by atoms with Crippen LogP contribution >= 0.6 is 11.3 Å². The molecule has 1 aliphatic rings. The van der Waals surface area contributed by atoms with Gasteiger partial charge in [0.15, 0.2) is 11.5 Å². The summed E-state index contributed by atoms with van der Waals surface area (Å²) in [5.41, 5.74) is -1.52. The van der Waals surface area contributed by atoms with Crippen molar-refractivity contribution in [3.8, 4) is 16.5 Å². The molecule has 0 unspecified atom stereocenters. The van der Waals surface area contributed by atoms with Crippen LogP contribution in [0.3, 0.4) is 0 Å². The van der Waals surface area contributed by atoms with Gasteiger partial charge in [-0.25, -0.2) is 9.78 Å². The molecule has 0 radical (unpaired) electrons. The molecule has 2 aromatic heterocycles. The van der Waals surface area contributed by atoms with Crippen LogP contribution in [0.1, 0.15) is 38.2 Å². The Morgan fingerprint density at radius 1 is 1.27 bits per heavy atom. The Morgan fingerprint density at radius 3 is 2.42 bits per heavy atom. The van der Waals surface area contributed by atoms with Crippen LogP contribution in [0.25, 0.3) is 10.7 Å². The van der Waals surface area contributed by atoms with Crippen LogP contribution in [0.2, 0.25) is 0 Å². The Bertz CT molecular complexity index is 959. The summed E-state index contributed by atoms with van der Waals surface area (Å²) in [7, 11) is 0. The van der Waals surface area contributed by atoms with Gasteiger partial charge in [-0.15, -0.1) is 11.3 Å². The Balaban J connectivity index is 1.95. The molecule has 1 amide bonds. The lowest BCUT2D eigenvalue weighted by atomic mass is 10.0. The van der Waals surface area contributed by atoms with Gasteiger partial charge in [-0.1, -0.05) is 27.7 Å². The van der Waals surface area contributed by atoms with Crippen molar-refractivity contribution in [2.75, 3.05) is 5.32 Å². The third-order valence-electron chi connectivity index (χ3n) is 5.52. The van der Waals surface area contributed by atoms with Crippen molar-refractivity contribution in [3.05, 3.63) is 27.5 Å². The number of hydrogen-bond donors (Lipinski definition) is 4. The molecule has 8 nitrogen and oxygen atoms in total. The van der Waals surface area contributed by atoms with Gasteiger partial charge in [0.25, 0.3) is 5.56 Å². The van der Waals surface area contributed by atoms with E-state index < -0.39 is 23.0 Å². The van der Waals surface area contributed by atoms with Gasteiger partial charge in [0.2, 0.25) is 11.7 Å². The van der Waals surface area contributed by atoms with Crippen molar-refractivity contribution in [1.82, 2.24) is 9.97 Å². The summed E-state index contributed by atoms with van der Waals surface area (Å²) in [5, 5.41) is 23.2. The summed E-state index contributed by atoms with van der Waals surface area (Å²) >= 11 is 1.19. The summed E-state index contributed by atoms with van der Waals surface area (Å²) < 4.78 is 0. The summed E-state index contributed by atoms with van der Waals surface area (Å²) in [6.07, 6.45) is 0. The van der Waals surface area contributed by atoms with E-state index in [0.717, 1.165) is 0 Å². The maximum absolute atomic E-state index is 12.7. The number of aromatic amines is 1. The highest BCUT2D eigenvalue weighted by molar-refractivity contribution is 7.14. The number of carbonyl (C=O) groups excluding carboxylic acids is 1. The number of carboxylic acids is 1. The Morgan fingerprint density at radius 2 is 1.88 bits per heavy atom. The number of anilines is 1. The molecule has 26 heavy (non-hydrogen) atoms. The van der Waals surface area contributed by atoms with Crippen LogP contribution in [0.5, 0.6) is 5.75 Å². The second-order valence-electron chi connectivity index (χ2n) is 7.45. The van der Waals surface area contributed by atoms with Crippen molar-refractivity contribution in [2.24, 2.45) is 16.7 Å². The van der Waals surface area contributed by atoms with E-state index >= 15 is 0 Å². The van der Waals surface area contributed by atoms with E-state index in [1.165, 1.54) is 11.3 Å². The highest BCUT2D eigenvalue weighted by atomic mass is 32.1. The molecule has 0 aromatic carbocycles. The molecule has 2 heterocycles. The van der Waals surface area contributed by atoms with Crippen molar-refractivity contribution >= 4 is 28.9 Å². The first-order valence-electron chi connectivity index (χ1n) is 7.93. The highest BCUT2D eigenvalue weighted by Crippen LogP contribution is 2.68. The minimum Gasteiger partial charge on any atom is -0.501 e. The van der Waals surface area contributed by atoms with Gasteiger partial charge in [-0.3, -0.25) is 9.59 Å². The van der Waals surface area contributed by atoms with Crippen molar-refractivity contribution < 1.29 is 19.8 Å². The molecule has 0 saturated heterocycles. The molecule has 138 valence electrons. The van der Waals surface area contributed by atoms with Gasteiger partial charge in [-0.2, -0.15) is 0 Å². The fourth-order valence-electron chi connectivity index (χ4n) is 3.37. The number of amides is 1. The Hall–Kier alpha value is -2.68. The number of aromatic hydroxyl groups is 1. The predicted molar refractivity (Wildman–Crippen MR) is 96.5 cm³/mol. The van der Waals surface area contributed by atoms with Crippen LogP contribution in [0, 0.1) is 16.7 Å². The number of nitrogens with zero attached hydrogens (tertiary/aromatic N) is 1. The van der Waals surface area contributed by atoms with E-state index in [-0.39, 0.29) is 28.5 Å². The molecule has 3 rings (SSSR count). The number of thiophene rings is 1. The number of carbonyl (C=O) groups is 2. The molecule has 1 saturated carbocycles. The lowest BCUT2D eigenvalue weighted by molar-refractivity contribution is -0.118. The van der Waals surface area contributed by atoms with Crippen molar-refractivity contribution in [2.45, 2.75) is 27.7 Å². The largest absolute Gasteiger partial charge is 0.501 e. The standard InChI is InChI=1S/C17H19N3O5S/c1-16(2)11(17(16,3)4)14(23)18-7-5-6-26-10(7)12-19-8(15(24)25)9(21)13(22)20-12/h5-6,11,21H,1-4H3,(H,18,23)(H,24,25)(H,19,20,22). The molecule has 2 aromatic rings. The number of aromatic carboxylic acids is 1. The normalized spacial score (nSPS) is 17.7. The smallest absolute Gasteiger partial charge is 0.358 e. The highest BCUT2D eigenvalue weighted by Gasteiger charge is 2.68. The summed E-state index contributed by atoms with van der Waals surface area (Å²) in [6.45, 7) is 8.13. The average Bonchev–Trinajstić information content (AvgIpc) is 2.85. The second-order valence-corrected chi connectivity index (χ2v) is 8.36. The molecule has 1 fully saturated rings. The summed E-state index contributed by atoms with van der Waals surface area (Å²) in [4.78, 5) is 42.2. The van der Waals surface area contributed by atoms with Gasteiger partial charge < -0.3 is 20.5 Å². The predicted octanol–water partition coefficient (Wildman–Crippen LogP) is 2.52. The number of nitrogens with one attached hydrogen (secondary N) is 2. The van der Waals surface area contributed by atoms with Crippen LogP contribution in [0.4, 0.5) is 5.69 Å². The van der Waals surface area contributed by atoms with E-state index in [9.17, 15) is 19.5 Å². The van der Waals surface area contributed by atoms with E-state index in [4.69, 9.17) is 5.11 Å². The number of carboxylic acid groups (broad SMARTS) is 1. The molecule has 0 spiro atoms. The zero-order chi connectivity index (χ0) is 19.4. The van der Waals surface area contributed by atoms with Gasteiger partial charge in [0.1, 0.15) is 0 Å². The van der Waals surface area contributed by atoms with Crippen LogP contribution in [0.15, 0.2) is 16.2 Å². The topological polar surface area (TPSA) is 132 Å². The number of aromatic nitrogens is 2. The van der Waals surface area contributed by atoms with E-state index in [2.05, 4.69) is 15.3 Å². The van der Waals surface area contributed by atoms with Gasteiger partial charge >= 0.3 is 5.97 Å². The fraction of sp³-hybridized carbons (Fsp3) is 0.412. The molecule has 4 N–H and O–H groups in total. The number of rotatable bonds is 4. The minimum atomic E-state index is -1.52. The van der Waals surface area contributed by atoms with Gasteiger partial charge in [-0.05, 0) is 22.3 Å². The average molecular weight is 377 g/mol. The monoisotopic (exact) mass is 377 g/mol. The molecular formula is C17H19N3O5S. The van der Waals surface area contributed by atoms with E-state index in [1.807, 2.05) is 27.7 Å². The first kappa shape index (κ1) is 18.1. The van der Waals surface area contributed by atoms with Crippen LogP contribution in [-0.4, -0.2) is 32.1 Å². The SMILES string of the molecule is CC1(C)C(C(=O)Nc2ccsc2-c2nc(C(=O)O)c(O)c(=O)[nH]2)C1(C)C. The zero-order valence-electron chi connectivity index (χ0n) is 14.7. The lowest BCUT2D eigenvalue weighted by Crippen LogP contribution is -2.18. The molecule has 9 heteroatoms. The van der Waals surface area contributed by atoms with Crippen molar-refractivity contribution in [3.63, 3.8) is 0 Å². The number of H-pyrrole nitrogens is 1. The molecule has 0 bridgehead atoms. The fourth-order valence-corrected chi connectivity index (χ4v) is 4.17. The molecule has 1 aliphatic carbocycles. The van der Waals surface area contributed by atoms with Crippen molar-refractivity contribution in [1.29, 1.82) is 0 Å². The maximum Gasteiger partial charge on any atom is 0.358 e. The van der Waals surface area contributed by atoms with Gasteiger partial charge in [0.05, 0.1) is 10.6 Å². The first-order chi connectivity index (χ1) is 12.0. The van der Waals surface area contributed by atoms with E-state index in [0.29, 0.717) is 10.6 Å². The Labute approximate surface area is 152 Å². The zero-order valence-corrected chi connectivity index (χ0v) is 15.5. The summed E-state index contributed by atoms with van der Waals surface area (Å²) in [5.74, 6) is -2.79. The molecule has 0 atom stereocenters. The number of hydrogen-bond acceptors (Lipinski definition) is 6. The Kier molecular flexibility index (Phi) is 3.95. The molecule has 0 aliphatic heterocycles. The van der Waals surface area contributed by atoms with Gasteiger partial charge in [0, 0.05) is 5.92 Å². The maximum atomic E-state index is 12.7.